The molecule has 0 saturated carbocycles. The van der Waals surface area contributed by atoms with E-state index in [2.05, 4.69) is 16.0 Å². The van der Waals surface area contributed by atoms with Gasteiger partial charge in [-0.15, -0.1) is 0 Å². The normalized spacial score (nSPS) is 14.3. The van der Waals surface area contributed by atoms with Crippen molar-refractivity contribution in [3.05, 3.63) is 54.4 Å². The summed E-state index contributed by atoms with van der Waals surface area (Å²) in [5.41, 5.74) is 5.07. The van der Waals surface area contributed by atoms with E-state index in [1.165, 1.54) is 0 Å². The first-order chi connectivity index (χ1) is 13.2. The number of ether oxygens (including phenoxy) is 1. The molecular formula is C21H21N3O3. The van der Waals surface area contributed by atoms with Gasteiger partial charge in [0.25, 0.3) is 0 Å². The lowest BCUT2D eigenvalue weighted by atomic mass is 10.0. The van der Waals surface area contributed by atoms with Gasteiger partial charge in [-0.05, 0) is 35.8 Å². The number of hydrogen-bond donors (Lipinski definition) is 2. The maximum atomic E-state index is 11.6. The number of amides is 1. The fourth-order valence-electron chi connectivity index (χ4n) is 3.54. The summed E-state index contributed by atoms with van der Waals surface area (Å²) in [7, 11) is 1.67. The van der Waals surface area contributed by atoms with Gasteiger partial charge in [0.2, 0.25) is 5.91 Å². The summed E-state index contributed by atoms with van der Waals surface area (Å²) in [6.45, 7) is 0.673. The third-order valence-electron chi connectivity index (χ3n) is 4.97. The van der Waals surface area contributed by atoms with Crippen molar-refractivity contribution in [1.29, 1.82) is 0 Å². The van der Waals surface area contributed by atoms with Gasteiger partial charge in [0.05, 0.1) is 7.11 Å². The van der Waals surface area contributed by atoms with Crippen molar-refractivity contribution in [2.45, 2.75) is 6.42 Å². The minimum atomic E-state index is -0.443. The largest absolute Gasteiger partial charge is 0.496 e. The summed E-state index contributed by atoms with van der Waals surface area (Å²) < 4.78 is 5.52. The van der Waals surface area contributed by atoms with E-state index >= 15 is 0 Å². The average Bonchev–Trinajstić information content (AvgIpc) is 3.17. The van der Waals surface area contributed by atoms with Crippen LogP contribution < -0.4 is 4.74 Å². The first kappa shape index (κ1) is 17.3. The number of nitrogens with zero attached hydrogens (tertiary/aromatic N) is 2. The molecule has 27 heavy (non-hydrogen) atoms. The number of aliphatic hydroxyl groups is 1. The number of rotatable bonds is 4. The zero-order valence-corrected chi connectivity index (χ0v) is 15.1. The Labute approximate surface area is 157 Å². The van der Waals surface area contributed by atoms with Gasteiger partial charge in [-0.1, -0.05) is 24.3 Å². The summed E-state index contributed by atoms with van der Waals surface area (Å²) in [5, 5.41) is 10.0. The topological polar surface area (TPSA) is 78.5 Å². The number of nitrogens with one attached hydrogen (secondary N) is 1. The second-order valence-corrected chi connectivity index (χ2v) is 6.48. The molecule has 0 bridgehead atoms. The van der Waals surface area contributed by atoms with Gasteiger partial charge < -0.3 is 19.7 Å². The first-order valence-electron chi connectivity index (χ1n) is 8.90. The summed E-state index contributed by atoms with van der Waals surface area (Å²) in [4.78, 5) is 21.2. The van der Waals surface area contributed by atoms with Crippen molar-refractivity contribution in [3.8, 4) is 16.9 Å². The molecule has 2 aromatic heterocycles. The Kier molecular flexibility index (Phi) is 4.64. The van der Waals surface area contributed by atoms with Crippen LogP contribution in [0, 0.1) is 0 Å². The average molecular weight is 363 g/mol. The lowest BCUT2D eigenvalue weighted by Crippen LogP contribution is -2.36. The summed E-state index contributed by atoms with van der Waals surface area (Å²) in [5.74, 6) is 0.588. The predicted octanol–water partition coefficient (Wildman–Crippen LogP) is 2.85. The number of benzene rings is 1. The molecule has 4 rings (SSSR count). The number of methoxy groups -OCH3 is 1. The molecule has 3 heterocycles. The molecule has 1 aliphatic rings. The third-order valence-corrected chi connectivity index (χ3v) is 4.97. The van der Waals surface area contributed by atoms with E-state index in [1.54, 1.807) is 18.2 Å². The Bertz CT molecular complexity index is 1020. The fourth-order valence-corrected chi connectivity index (χ4v) is 3.54. The van der Waals surface area contributed by atoms with E-state index in [0.717, 1.165) is 45.6 Å². The summed E-state index contributed by atoms with van der Waals surface area (Å²) in [6, 6.07) is 12.0. The van der Waals surface area contributed by atoms with Gasteiger partial charge in [-0.3, -0.25) is 4.79 Å². The van der Waals surface area contributed by atoms with Crippen LogP contribution in [0.4, 0.5) is 0 Å². The second-order valence-electron chi connectivity index (χ2n) is 6.48. The maximum Gasteiger partial charge on any atom is 0.248 e. The Hall–Kier alpha value is -3.12. The van der Waals surface area contributed by atoms with Crippen LogP contribution in [-0.4, -0.2) is 52.7 Å². The van der Waals surface area contributed by atoms with Crippen molar-refractivity contribution >= 4 is 22.5 Å². The highest BCUT2D eigenvalue weighted by atomic mass is 16.5. The van der Waals surface area contributed by atoms with Gasteiger partial charge in [0.1, 0.15) is 18.0 Å². The number of carbonyl (C=O) groups excluding carboxylic acids is 1. The number of para-hydroxylation sites is 1. The first-order valence-corrected chi connectivity index (χ1v) is 8.90. The van der Waals surface area contributed by atoms with Crippen molar-refractivity contribution in [2.24, 2.45) is 0 Å². The number of aliphatic hydroxyl groups excluding tert-OH is 1. The molecule has 1 aliphatic heterocycles. The van der Waals surface area contributed by atoms with Crippen molar-refractivity contribution < 1.29 is 14.6 Å². The monoisotopic (exact) mass is 363 g/mol. The molecule has 0 aliphatic carbocycles. The molecule has 1 amide bonds. The van der Waals surface area contributed by atoms with Gasteiger partial charge in [0.15, 0.2) is 0 Å². The van der Waals surface area contributed by atoms with Crippen molar-refractivity contribution in [2.75, 3.05) is 26.8 Å². The zero-order chi connectivity index (χ0) is 18.8. The van der Waals surface area contributed by atoms with Gasteiger partial charge in [0, 0.05) is 35.9 Å². The molecule has 6 nitrogen and oxygen atoms in total. The number of H-pyrrole nitrogens is 1. The van der Waals surface area contributed by atoms with Crippen molar-refractivity contribution in [3.63, 3.8) is 0 Å². The van der Waals surface area contributed by atoms with Crippen LogP contribution in [0.15, 0.2) is 48.7 Å². The number of carbonyl (C=O) groups is 1. The highest BCUT2D eigenvalue weighted by Crippen LogP contribution is 2.35. The maximum absolute atomic E-state index is 11.6. The molecule has 6 heteroatoms. The Morgan fingerprint density at radius 2 is 2.15 bits per heavy atom. The van der Waals surface area contributed by atoms with Crippen LogP contribution in [-0.2, 0) is 4.79 Å². The van der Waals surface area contributed by atoms with Crippen LogP contribution in [0.5, 0.6) is 5.75 Å². The predicted molar refractivity (Wildman–Crippen MR) is 104 cm³/mol. The van der Waals surface area contributed by atoms with E-state index in [-0.39, 0.29) is 5.91 Å². The lowest BCUT2D eigenvalue weighted by Gasteiger charge is -2.25. The highest BCUT2D eigenvalue weighted by molar-refractivity contribution is 5.96. The Morgan fingerprint density at radius 1 is 1.30 bits per heavy atom. The standard InChI is InChI=1S/C21H21N3O3/c1-27-19-5-3-2-4-16(19)15-6-9-22-21-17(15)12-18(23-21)14-7-10-24(11-8-14)20(26)13-25/h2-7,9,12,25H,8,10-11,13H2,1H3,(H,22,23). The Balaban J connectivity index is 1.72. The van der Waals surface area contributed by atoms with Gasteiger partial charge >= 0.3 is 0 Å². The van der Waals surface area contributed by atoms with E-state index in [4.69, 9.17) is 9.84 Å². The summed E-state index contributed by atoms with van der Waals surface area (Å²) in [6.07, 6.45) is 4.56. The molecular weight excluding hydrogens is 342 g/mol. The SMILES string of the molecule is COc1ccccc1-c1ccnc2[nH]c(C3=CCN(C(=O)CO)CC3)cc12. The smallest absolute Gasteiger partial charge is 0.248 e. The van der Waals surface area contributed by atoms with Crippen LogP contribution in [0.2, 0.25) is 0 Å². The van der Waals surface area contributed by atoms with Crippen molar-refractivity contribution in [1.82, 2.24) is 14.9 Å². The molecule has 0 fully saturated rings. The molecule has 138 valence electrons. The number of pyridine rings is 1. The molecule has 0 spiro atoms. The molecule has 0 radical (unpaired) electrons. The van der Waals surface area contributed by atoms with E-state index in [1.807, 2.05) is 36.4 Å². The summed E-state index contributed by atoms with van der Waals surface area (Å²) >= 11 is 0. The second kappa shape index (κ2) is 7.25. The lowest BCUT2D eigenvalue weighted by molar-refractivity contribution is -0.133. The van der Waals surface area contributed by atoms with Crippen LogP contribution >= 0.6 is 0 Å². The molecule has 0 saturated heterocycles. The number of aromatic nitrogens is 2. The number of fused-ring (bicyclic) bond motifs is 1. The minimum Gasteiger partial charge on any atom is -0.496 e. The third kappa shape index (κ3) is 3.19. The fraction of sp³-hybridized carbons (Fsp3) is 0.238. The number of aromatic amines is 1. The molecule has 2 N–H and O–H groups in total. The van der Waals surface area contributed by atoms with Crippen LogP contribution in [0.3, 0.4) is 0 Å². The van der Waals surface area contributed by atoms with Gasteiger partial charge in [-0.25, -0.2) is 4.98 Å². The molecule has 3 aromatic rings. The molecule has 1 aromatic carbocycles. The van der Waals surface area contributed by atoms with Crippen LogP contribution in [0.1, 0.15) is 12.1 Å². The van der Waals surface area contributed by atoms with Crippen LogP contribution in [0.25, 0.3) is 27.7 Å². The minimum absolute atomic E-state index is 0.234. The van der Waals surface area contributed by atoms with E-state index in [9.17, 15) is 4.79 Å². The zero-order valence-electron chi connectivity index (χ0n) is 15.1. The molecule has 0 unspecified atom stereocenters. The van der Waals surface area contributed by atoms with E-state index in [0.29, 0.717) is 13.1 Å². The van der Waals surface area contributed by atoms with Gasteiger partial charge in [-0.2, -0.15) is 0 Å². The Morgan fingerprint density at radius 3 is 2.89 bits per heavy atom. The number of hydrogen-bond acceptors (Lipinski definition) is 4. The quantitative estimate of drug-likeness (QED) is 0.747. The van der Waals surface area contributed by atoms with E-state index < -0.39 is 6.61 Å². The molecule has 0 atom stereocenters. The highest BCUT2D eigenvalue weighted by Gasteiger charge is 2.19.